The molecule has 0 radical (unpaired) electrons. The molecule has 0 heterocycles. The van der Waals surface area contributed by atoms with Crippen LogP contribution in [0.5, 0.6) is 0 Å². The number of benzene rings is 2. The van der Waals surface area contributed by atoms with Crippen LogP contribution in [-0.2, 0) is 33.1 Å². The van der Waals surface area contributed by atoms with E-state index < -0.39 is 20.2 Å². The summed E-state index contributed by atoms with van der Waals surface area (Å²) in [7, 11) is -8.74. The van der Waals surface area contributed by atoms with E-state index in [9.17, 15) is 25.9 Å². The van der Waals surface area contributed by atoms with Crippen molar-refractivity contribution in [2.75, 3.05) is 0 Å². The molecule has 0 unspecified atom stereocenters. The van der Waals surface area contributed by atoms with Gasteiger partial charge in [-0.2, -0.15) is 0 Å². The summed E-state index contributed by atoms with van der Waals surface area (Å²) in [6, 6.07) is 13.3. The van der Waals surface area contributed by atoms with Crippen LogP contribution >= 0.6 is 0 Å². The van der Waals surface area contributed by atoms with Gasteiger partial charge in [0.05, 0.1) is 9.79 Å². The summed E-state index contributed by atoms with van der Waals surface area (Å²) in [5.74, 6) is 0. The fourth-order valence-corrected chi connectivity index (χ4v) is 16.5. The van der Waals surface area contributed by atoms with Crippen LogP contribution < -0.4 is 0 Å². The fourth-order valence-electron chi connectivity index (χ4n) is 15.1. The molecule has 0 N–H and O–H groups in total. The molecular formula is C90H166MgO6S2. The number of hydrogen-bond donors (Lipinski definition) is 0. The van der Waals surface area contributed by atoms with E-state index in [0.29, 0.717) is 24.0 Å². The smallest absolute Gasteiger partial charge is 0.744 e. The first-order valence-corrected chi connectivity index (χ1v) is 47.0. The van der Waals surface area contributed by atoms with Crippen LogP contribution in [0.2, 0.25) is 0 Å². The van der Waals surface area contributed by atoms with Crippen molar-refractivity contribution in [2.45, 2.75) is 512 Å². The van der Waals surface area contributed by atoms with Gasteiger partial charge >= 0.3 is 23.1 Å². The standard InChI is InChI=1S/2C45H84O3S.Mg/c2*1-2-3-4-5-6-7-8-9-10-11-12-13-14-15-16-17-18-19-20-21-22-23-24-25-26-27-28-29-30-31-32-33-34-35-36-37-38-41-44-42-39-40-43-45(44)49(46,47)48;/h2*39-40,42-43H,2-38,41H2,1H3,(H,46,47,48);/q;;+2/p-2. The van der Waals surface area contributed by atoms with Gasteiger partial charge in [0, 0.05) is 0 Å². The number of unbranched alkanes of at least 4 members (excludes halogenated alkanes) is 72. The second-order valence-corrected chi connectivity index (χ2v) is 33.8. The molecule has 2 rings (SSSR count). The zero-order chi connectivity index (χ0) is 70.7. The SMILES string of the molecule is CCCCCCCCCCCCCCCCCCCCCCCCCCCCCCCCCCCCCCCc1ccccc1S(=O)(=O)[O-].CCCCCCCCCCCCCCCCCCCCCCCCCCCCCCCCCCCCCCCc1ccccc1S(=O)(=O)[O-].[Mg+2]. The van der Waals surface area contributed by atoms with E-state index in [1.165, 1.54) is 462 Å². The second-order valence-electron chi connectivity index (χ2n) is 31.1. The fraction of sp³-hybridized carbons (Fsp3) is 0.867. The molecule has 576 valence electrons. The molecule has 0 saturated heterocycles. The molecule has 2 aromatic carbocycles. The molecule has 0 aromatic heterocycles. The molecular weight excluding hydrogens is 1270 g/mol. The van der Waals surface area contributed by atoms with Crippen molar-refractivity contribution in [3.63, 3.8) is 0 Å². The van der Waals surface area contributed by atoms with Crippen molar-refractivity contribution < 1.29 is 25.9 Å². The third-order valence-corrected chi connectivity index (χ3v) is 23.5. The van der Waals surface area contributed by atoms with Crippen LogP contribution in [-0.4, -0.2) is 49.0 Å². The van der Waals surface area contributed by atoms with Gasteiger partial charge in [-0.25, -0.2) is 16.8 Å². The summed E-state index contributed by atoms with van der Waals surface area (Å²) in [4.78, 5) is -0.0807. The summed E-state index contributed by atoms with van der Waals surface area (Å²) < 4.78 is 68.3. The Morgan fingerprint density at radius 1 is 0.192 bits per heavy atom. The van der Waals surface area contributed by atoms with Gasteiger partial charge in [-0.05, 0) is 48.9 Å². The van der Waals surface area contributed by atoms with Crippen LogP contribution in [0.1, 0.15) is 500 Å². The molecule has 0 bridgehead atoms. The van der Waals surface area contributed by atoms with Crippen LogP contribution in [0, 0.1) is 0 Å². The summed E-state index contributed by atoms with van der Waals surface area (Å²) in [5, 5.41) is 0. The summed E-state index contributed by atoms with van der Waals surface area (Å²) in [6.07, 6.45) is 106. The number of rotatable bonds is 78. The van der Waals surface area contributed by atoms with Crippen molar-refractivity contribution >= 4 is 43.3 Å². The number of hydrogen-bond acceptors (Lipinski definition) is 6. The van der Waals surface area contributed by atoms with Crippen LogP contribution in [0.15, 0.2) is 58.3 Å². The molecule has 0 aliphatic carbocycles. The van der Waals surface area contributed by atoms with Crippen molar-refractivity contribution in [3.05, 3.63) is 59.7 Å². The normalized spacial score (nSPS) is 11.8. The second kappa shape index (κ2) is 78.1. The van der Waals surface area contributed by atoms with Crippen molar-refractivity contribution in [1.82, 2.24) is 0 Å². The quantitative estimate of drug-likeness (QED) is 0.0370. The predicted molar refractivity (Wildman–Crippen MR) is 435 cm³/mol. The van der Waals surface area contributed by atoms with Gasteiger partial charge in [0.2, 0.25) is 0 Å². The Morgan fingerprint density at radius 2 is 0.303 bits per heavy atom. The molecule has 9 heteroatoms. The largest absolute Gasteiger partial charge is 2.00 e. The Labute approximate surface area is 635 Å². The van der Waals surface area contributed by atoms with Gasteiger partial charge in [-0.3, -0.25) is 0 Å². The maximum atomic E-state index is 11.4. The third kappa shape index (κ3) is 71.1. The Bertz CT molecular complexity index is 1980. The average Bonchev–Trinajstić information content (AvgIpc) is 0.872. The summed E-state index contributed by atoms with van der Waals surface area (Å²) in [6.45, 7) is 4.61. The van der Waals surface area contributed by atoms with Crippen LogP contribution in [0.3, 0.4) is 0 Å². The van der Waals surface area contributed by atoms with Gasteiger partial charge < -0.3 is 9.11 Å². The molecule has 99 heavy (non-hydrogen) atoms. The zero-order valence-electron chi connectivity index (χ0n) is 66.3. The van der Waals surface area contributed by atoms with Gasteiger partial charge in [0.15, 0.2) is 0 Å². The Hall–Kier alpha value is -0.974. The number of aryl methyl sites for hydroxylation is 2. The van der Waals surface area contributed by atoms with E-state index in [4.69, 9.17) is 0 Å². The first-order valence-electron chi connectivity index (χ1n) is 44.2. The summed E-state index contributed by atoms with van der Waals surface area (Å²) >= 11 is 0. The minimum atomic E-state index is -4.37. The van der Waals surface area contributed by atoms with E-state index in [1.54, 1.807) is 24.3 Å². The Morgan fingerprint density at radius 3 is 0.424 bits per heavy atom. The zero-order valence-corrected chi connectivity index (χ0v) is 69.4. The minimum Gasteiger partial charge on any atom is -0.744 e. The van der Waals surface area contributed by atoms with E-state index in [2.05, 4.69) is 13.8 Å². The molecule has 0 aliphatic rings. The molecule has 6 nitrogen and oxygen atoms in total. The third-order valence-electron chi connectivity index (χ3n) is 21.6. The first kappa shape index (κ1) is 98.0. The van der Waals surface area contributed by atoms with Crippen molar-refractivity contribution in [2.24, 2.45) is 0 Å². The van der Waals surface area contributed by atoms with Crippen LogP contribution in [0.4, 0.5) is 0 Å². The van der Waals surface area contributed by atoms with Gasteiger partial charge in [0.1, 0.15) is 20.2 Å². The van der Waals surface area contributed by atoms with Gasteiger partial charge in [-0.1, -0.05) is 513 Å². The molecule has 0 amide bonds. The summed E-state index contributed by atoms with van der Waals surface area (Å²) in [5.41, 5.74) is 1.35. The molecule has 2 aromatic rings. The maximum absolute atomic E-state index is 11.4. The molecule has 0 atom stereocenters. The van der Waals surface area contributed by atoms with E-state index >= 15 is 0 Å². The minimum absolute atomic E-state index is 0. The topological polar surface area (TPSA) is 114 Å². The van der Waals surface area contributed by atoms with Crippen LogP contribution in [0.25, 0.3) is 0 Å². The molecule has 0 spiro atoms. The van der Waals surface area contributed by atoms with E-state index in [1.807, 2.05) is 12.1 Å². The average molecular weight is 1430 g/mol. The monoisotopic (exact) mass is 1430 g/mol. The van der Waals surface area contributed by atoms with Crippen molar-refractivity contribution in [1.29, 1.82) is 0 Å². The Kier molecular flexibility index (Phi) is 77.3. The van der Waals surface area contributed by atoms with E-state index in [-0.39, 0.29) is 32.8 Å². The Balaban J connectivity index is 0.00000192. The maximum Gasteiger partial charge on any atom is 2.00 e. The first-order chi connectivity index (χ1) is 48.1. The van der Waals surface area contributed by atoms with Gasteiger partial charge in [0.25, 0.3) is 0 Å². The van der Waals surface area contributed by atoms with Crippen molar-refractivity contribution in [3.8, 4) is 0 Å². The van der Waals surface area contributed by atoms with E-state index in [0.717, 1.165) is 25.7 Å². The molecule has 0 fully saturated rings. The predicted octanol–water partition coefficient (Wildman–Crippen LogP) is 30.8. The van der Waals surface area contributed by atoms with Gasteiger partial charge in [-0.15, -0.1) is 0 Å². The molecule has 0 aliphatic heterocycles. The molecule has 0 saturated carbocycles.